The first-order valence-corrected chi connectivity index (χ1v) is 11.1. The quantitative estimate of drug-likeness (QED) is 0.267. The maximum Gasteiger partial charge on any atom is 0.274 e. The van der Waals surface area contributed by atoms with Crippen molar-refractivity contribution >= 4 is 67.3 Å². The molecule has 2 aromatic heterocycles. The minimum Gasteiger partial charge on any atom is -0.267 e. The van der Waals surface area contributed by atoms with Crippen molar-refractivity contribution < 1.29 is 0 Å². The highest BCUT2D eigenvalue weighted by Crippen LogP contribution is 2.17. The molecule has 0 aliphatic heterocycles. The Morgan fingerprint density at radius 2 is 1.38 bits per heavy atom. The van der Waals surface area contributed by atoms with Crippen molar-refractivity contribution in [1.29, 1.82) is 0 Å². The van der Waals surface area contributed by atoms with Gasteiger partial charge in [-0.15, -0.1) is 0 Å². The van der Waals surface area contributed by atoms with E-state index in [1.54, 1.807) is 30.3 Å². The second-order valence-electron chi connectivity index (χ2n) is 5.61. The van der Waals surface area contributed by atoms with Crippen molar-refractivity contribution in [3.63, 3.8) is 0 Å². The van der Waals surface area contributed by atoms with Gasteiger partial charge in [0.15, 0.2) is 10.3 Å². The average molecular weight is 545 g/mol. The summed E-state index contributed by atoms with van der Waals surface area (Å²) >= 11 is 14.0. The second kappa shape index (κ2) is 11.3. The predicted octanol–water partition coefficient (Wildman–Crippen LogP) is 5.09. The Morgan fingerprint density at radius 3 is 1.90 bits per heavy atom. The van der Waals surface area contributed by atoms with E-state index in [0.29, 0.717) is 38.4 Å². The first-order chi connectivity index (χ1) is 13.9. The largest absolute Gasteiger partial charge is 0.274 e. The van der Waals surface area contributed by atoms with Gasteiger partial charge in [-0.1, -0.05) is 89.1 Å². The fourth-order valence-corrected chi connectivity index (χ4v) is 2.95. The molecule has 0 radical (unpaired) electrons. The lowest BCUT2D eigenvalue weighted by molar-refractivity contribution is 0.623. The summed E-state index contributed by atoms with van der Waals surface area (Å²) in [6, 6.07) is 14.3. The van der Waals surface area contributed by atoms with Gasteiger partial charge in [-0.2, -0.15) is 10.2 Å². The fraction of sp³-hybridized carbons (Fsp3) is 0.200. The van der Waals surface area contributed by atoms with Crippen LogP contribution in [0.1, 0.15) is 13.8 Å². The first kappa shape index (κ1) is 23.3. The molecule has 0 aliphatic rings. The molecular formula is C20H19Cl2IN4O2. The minimum absolute atomic E-state index is 0.0903. The molecule has 0 bridgehead atoms. The number of H-pyrrole nitrogens is 1. The molecule has 152 valence electrons. The average Bonchev–Trinajstić information content (AvgIpc) is 2.75. The van der Waals surface area contributed by atoms with Crippen LogP contribution in [-0.4, -0.2) is 24.4 Å². The maximum atomic E-state index is 11.8. The summed E-state index contributed by atoms with van der Waals surface area (Å²) in [4.78, 5) is 22.9. The SMILES string of the molecule is CCI.CCn1nc(Cl)c2ccccc2c1=O.O=c1[nH]nc(Cl)c2ccccc12. The van der Waals surface area contributed by atoms with Crippen LogP contribution in [0.5, 0.6) is 0 Å². The Bertz CT molecular complexity index is 1220. The number of rotatable bonds is 1. The van der Waals surface area contributed by atoms with Crippen LogP contribution in [0.15, 0.2) is 58.1 Å². The molecule has 2 heterocycles. The predicted molar refractivity (Wildman–Crippen MR) is 129 cm³/mol. The molecule has 0 saturated heterocycles. The number of halogens is 3. The van der Waals surface area contributed by atoms with Gasteiger partial charge in [-0.05, 0) is 23.5 Å². The Hall–Kier alpha value is -1.97. The van der Waals surface area contributed by atoms with Gasteiger partial charge in [0.1, 0.15) is 0 Å². The van der Waals surface area contributed by atoms with Crippen LogP contribution in [0.2, 0.25) is 10.3 Å². The molecule has 4 rings (SSSR count). The number of nitrogens with one attached hydrogen (secondary N) is 1. The van der Waals surface area contributed by atoms with Gasteiger partial charge in [0, 0.05) is 17.3 Å². The summed E-state index contributed by atoms with van der Waals surface area (Å²) < 4.78 is 2.59. The van der Waals surface area contributed by atoms with Crippen LogP contribution in [0.3, 0.4) is 0 Å². The number of aryl methyl sites for hydroxylation is 1. The van der Waals surface area contributed by atoms with Gasteiger partial charge < -0.3 is 0 Å². The highest BCUT2D eigenvalue weighted by atomic mass is 127. The molecule has 0 fully saturated rings. The highest BCUT2D eigenvalue weighted by molar-refractivity contribution is 14.1. The molecule has 0 atom stereocenters. The van der Waals surface area contributed by atoms with Crippen LogP contribution in [0.25, 0.3) is 21.5 Å². The summed E-state index contributed by atoms with van der Waals surface area (Å²) in [7, 11) is 0. The van der Waals surface area contributed by atoms with Crippen molar-refractivity contribution in [3.05, 3.63) is 79.5 Å². The first-order valence-electron chi connectivity index (χ1n) is 8.78. The maximum absolute atomic E-state index is 11.8. The fourth-order valence-electron chi connectivity index (χ4n) is 2.49. The minimum atomic E-state index is -0.213. The van der Waals surface area contributed by atoms with Crippen LogP contribution < -0.4 is 11.1 Å². The van der Waals surface area contributed by atoms with Gasteiger partial charge >= 0.3 is 0 Å². The molecule has 0 amide bonds. The van der Waals surface area contributed by atoms with Gasteiger partial charge in [0.2, 0.25) is 0 Å². The lowest BCUT2D eigenvalue weighted by atomic mass is 10.2. The molecule has 29 heavy (non-hydrogen) atoms. The normalized spacial score (nSPS) is 10.1. The molecule has 6 nitrogen and oxygen atoms in total. The number of alkyl halides is 1. The van der Waals surface area contributed by atoms with Crippen LogP contribution in [0, 0.1) is 0 Å². The smallest absolute Gasteiger partial charge is 0.267 e. The molecule has 2 aromatic carbocycles. The van der Waals surface area contributed by atoms with Crippen LogP contribution in [0.4, 0.5) is 0 Å². The molecule has 9 heteroatoms. The summed E-state index contributed by atoms with van der Waals surface area (Å²) in [5.41, 5.74) is -0.303. The molecule has 0 unspecified atom stereocenters. The summed E-state index contributed by atoms with van der Waals surface area (Å²) in [6.45, 7) is 4.50. The van der Waals surface area contributed by atoms with Crippen molar-refractivity contribution in [3.8, 4) is 0 Å². The third kappa shape index (κ3) is 5.77. The van der Waals surface area contributed by atoms with Crippen LogP contribution in [-0.2, 0) is 6.54 Å². The van der Waals surface area contributed by atoms with Gasteiger partial charge in [-0.25, -0.2) is 9.78 Å². The summed E-state index contributed by atoms with van der Waals surface area (Å²) in [5.74, 6) is 0. The number of hydrogen-bond donors (Lipinski definition) is 1. The number of fused-ring (bicyclic) bond motifs is 2. The van der Waals surface area contributed by atoms with E-state index >= 15 is 0 Å². The molecule has 4 aromatic rings. The second-order valence-corrected chi connectivity index (χ2v) is 7.86. The van der Waals surface area contributed by atoms with Gasteiger partial charge in [0.25, 0.3) is 11.1 Å². The van der Waals surface area contributed by atoms with Crippen molar-refractivity contribution in [2.24, 2.45) is 0 Å². The zero-order chi connectivity index (χ0) is 21.4. The van der Waals surface area contributed by atoms with Gasteiger partial charge in [0.05, 0.1) is 10.8 Å². The number of nitrogens with zero attached hydrogens (tertiary/aromatic N) is 3. The highest BCUT2D eigenvalue weighted by Gasteiger charge is 2.06. The van der Waals surface area contributed by atoms with E-state index in [2.05, 4.69) is 44.8 Å². The Balaban J connectivity index is 0.000000184. The zero-order valence-corrected chi connectivity index (χ0v) is 19.5. The van der Waals surface area contributed by atoms with Crippen molar-refractivity contribution in [2.75, 3.05) is 4.43 Å². The Labute approximate surface area is 191 Å². The van der Waals surface area contributed by atoms with E-state index in [0.717, 1.165) is 0 Å². The lowest BCUT2D eigenvalue weighted by Gasteiger charge is -2.04. The standard InChI is InChI=1S/C10H9ClN2O.C8H5ClN2O.C2H5I/c1-2-13-10(14)8-6-4-3-5-7(8)9(11)12-13;9-7-5-3-1-2-4-6(5)8(12)11-10-7;1-2-3/h3-6H,2H2,1H3;1-4H,(H,11,12);2H2,1H3. The molecular weight excluding hydrogens is 526 g/mol. The number of aromatic amines is 1. The van der Waals surface area contributed by atoms with Crippen molar-refractivity contribution in [2.45, 2.75) is 20.4 Å². The van der Waals surface area contributed by atoms with E-state index in [4.69, 9.17) is 23.2 Å². The zero-order valence-electron chi connectivity index (χ0n) is 15.8. The van der Waals surface area contributed by atoms with E-state index in [-0.39, 0.29) is 11.1 Å². The van der Waals surface area contributed by atoms with E-state index < -0.39 is 0 Å². The molecule has 0 aliphatic carbocycles. The molecule has 1 N–H and O–H groups in total. The summed E-state index contributed by atoms with van der Waals surface area (Å²) in [5, 5.41) is 13.2. The number of hydrogen-bond acceptors (Lipinski definition) is 4. The Morgan fingerprint density at radius 1 is 0.897 bits per heavy atom. The van der Waals surface area contributed by atoms with Gasteiger partial charge in [-0.3, -0.25) is 9.59 Å². The van der Waals surface area contributed by atoms with E-state index in [9.17, 15) is 9.59 Å². The van der Waals surface area contributed by atoms with E-state index in [1.807, 2.05) is 25.1 Å². The third-order valence-electron chi connectivity index (χ3n) is 3.77. The topological polar surface area (TPSA) is 80.6 Å². The summed E-state index contributed by atoms with van der Waals surface area (Å²) in [6.07, 6.45) is 0. The van der Waals surface area contributed by atoms with Crippen molar-refractivity contribution in [1.82, 2.24) is 20.0 Å². The lowest BCUT2D eigenvalue weighted by Crippen LogP contribution is -2.22. The van der Waals surface area contributed by atoms with E-state index in [1.165, 1.54) is 9.11 Å². The van der Waals surface area contributed by atoms with Crippen LogP contribution >= 0.6 is 45.8 Å². The third-order valence-corrected chi connectivity index (χ3v) is 4.34. The Kier molecular flexibility index (Phi) is 9.06. The molecule has 0 saturated carbocycles. The molecule has 0 spiro atoms. The monoisotopic (exact) mass is 544 g/mol. The number of aromatic nitrogens is 4. The number of benzene rings is 2.